The predicted molar refractivity (Wildman–Crippen MR) is 66.4 cm³/mol. The summed E-state index contributed by atoms with van der Waals surface area (Å²) >= 11 is 0. The third kappa shape index (κ3) is 2.96. The summed E-state index contributed by atoms with van der Waals surface area (Å²) in [6.07, 6.45) is 1.57. The summed E-state index contributed by atoms with van der Waals surface area (Å²) in [5.41, 5.74) is 0.381. The van der Waals surface area contributed by atoms with Gasteiger partial charge in [0, 0.05) is 18.8 Å². The van der Waals surface area contributed by atoms with Crippen LogP contribution < -0.4 is 0 Å². The van der Waals surface area contributed by atoms with Crippen molar-refractivity contribution in [2.24, 2.45) is 0 Å². The Bertz CT molecular complexity index is 609. The minimum Gasteiger partial charge on any atom is -0.336 e. The molecule has 0 radical (unpaired) electrons. The van der Waals surface area contributed by atoms with Gasteiger partial charge in [-0.05, 0) is 24.3 Å². The lowest BCUT2D eigenvalue weighted by Crippen LogP contribution is -2.27. The van der Waals surface area contributed by atoms with E-state index in [0.29, 0.717) is 17.8 Å². The van der Waals surface area contributed by atoms with Crippen molar-refractivity contribution in [2.75, 3.05) is 7.05 Å². The van der Waals surface area contributed by atoms with Crippen molar-refractivity contribution in [3.05, 3.63) is 65.2 Å². The zero-order valence-corrected chi connectivity index (χ0v) is 10.6. The van der Waals surface area contributed by atoms with E-state index in [9.17, 15) is 18.0 Å². The number of aromatic nitrogens is 1. The van der Waals surface area contributed by atoms with Crippen molar-refractivity contribution in [1.29, 1.82) is 0 Å². The first-order valence-corrected chi connectivity index (χ1v) is 5.79. The number of hydrogen-bond acceptors (Lipinski definition) is 2. The number of halogens is 3. The molecule has 0 spiro atoms. The molecule has 1 aromatic heterocycles. The van der Waals surface area contributed by atoms with Crippen LogP contribution in [-0.2, 0) is 6.54 Å². The monoisotopic (exact) mass is 280 g/mol. The molecule has 0 aliphatic carbocycles. The summed E-state index contributed by atoms with van der Waals surface area (Å²) in [6, 6.07) is 6.56. The molecule has 0 unspecified atom stereocenters. The van der Waals surface area contributed by atoms with Crippen LogP contribution >= 0.6 is 0 Å². The summed E-state index contributed by atoms with van der Waals surface area (Å²) in [5.74, 6) is -4.98. The molecule has 3 nitrogen and oxygen atoms in total. The average molecular weight is 280 g/mol. The van der Waals surface area contributed by atoms with Crippen LogP contribution in [0.25, 0.3) is 0 Å². The number of pyridine rings is 1. The molecule has 0 N–H and O–H groups in total. The fraction of sp³-hybridized carbons (Fsp3) is 0.143. The van der Waals surface area contributed by atoms with Crippen LogP contribution in [0.1, 0.15) is 16.1 Å². The number of carbonyl (C=O) groups is 1. The van der Waals surface area contributed by atoms with Crippen LogP contribution in [0.3, 0.4) is 0 Å². The maximum atomic E-state index is 13.1. The molecule has 0 atom stereocenters. The highest BCUT2D eigenvalue weighted by Gasteiger charge is 2.18. The van der Waals surface area contributed by atoms with Crippen LogP contribution in [0, 0.1) is 17.5 Å². The second-order valence-electron chi connectivity index (χ2n) is 4.24. The van der Waals surface area contributed by atoms with Crippen molar-refractivity contribution >= 4 is 5.91 Å². The van der Waals surface area contributed by atoms with Gasteiger partial charge in [-0.1, -0.05) is 6.07 Å². The van der Waals surface area contributed by atoms with Gasteiger partial charge in [-0.15, -0.1) is 0 Å². The zero-order valence-electron chi connectivity index (χ0n) is 10.6. The van der Waals surface area contributed by atoms with Crippen LogP contribution in [0.4, 0.5) is 13.2 Å². The Balaban J connectivity index is 2.19. The van der Waals surface area contributed by atoms with Crippen LogP contribution in [0.5, 0.6) is 0 Å². The number of benzene rings is 1. The van der Waals surface area contributed by atoms with Gasteiger partial charge in [-0.3, -0.25) is 9.78 Å². The Kier molecular flexibility index (Phi) is 4.02. The second kappa shape index (κ2) is 5.73. The van der Waals surface area contributed by atoms with Crippen LogP contribution in [0.15, 0.2) is 36.5 Å². The molecule has 0 saturated heterocycles. The Labute approximate surface area is 113 Å². The molecule has 1 heterocycles. The number of rotatable bonds is 3. The van der Waals surface area contributed by atoms with Gasteiger partial charge in [-0.2, -0.15) is 0 Å². The minimum atomic E-state index is -1.59. The van der Waals surface area contributed by atoms with E-state index in [4.69, 9.17) is 0 Å². The maximum absolute atomic E-state index is 13.1. The molecule has 0 bridgehead atoms. The predicted octanol–water partition coefficient (Wildman–Crippen LogP) is 2.77. The van der Waals surface area contributed by atoms with Gasteiger partial charge in [0.1, 0.15) is 0 Å². The lowest BCUT2D eigenvalue weighted by Gasteiger charge is -2.17. The topological polar surface area (TPSA) is 33.2 Å². The molecule has 20 heavy (non-hydrogen) atoms. The standard InChI is InChI=1S/C14H11F3N2O/c1-19(8-10-4-2-3-5-18-10)14(20)9-6-11(15)13(17)12(16)7-9/h2-7H,8H2,1H3. The summed E-state index contributed by atoms with van der Waals surface area (Å²) in [6.45, 7) is 0.181. The molecule has 6 heteroatoms. The third-order valence-electron chi connectivity index (χ3n) is 2.70. The number of amides is 1. The first-order chi connectivity index (χ1) is 9.49. The highest BCUT2D eigenvalue weighted by molar-refractivity contribution is 5.94. The van der Waals surface area contributed by atoms with E-state index >= 15 is 0 Å². The van der Waals surface area contributed by atoms with E-state index in [-0.39, 0.29) is 12.1 Å². The SMILES string of the molecule is CN(Cc1ccccn1)C(=O)c1cc(F)c(F)c(F)c1. The van der Waals surface area contributed by atoms with Gasteiger partial charge in [0.15, 0.2) is 17.5 Å². The van der Waals surface area contributed by atoms with Gasteiger partial charge in [0.05, 0.1) is 12.2 Å². The first kappa shape index (κ1) is 14.0. The van der Waals surface area contributed by atoms with Crippen LogP contribution in [-0.4, -0.2) is 22.8 Å². The number of hydrogen-bond donors (Lipinski definition) is 0. The largest absolute Gasteiger partial charge is 0.336 e. The van der Waals surface area contributed by atoms with Crippen LogP contribution in [0.2, 0.25) is 0 Å². The fourth-order valence-electron chi connectivity index (χ4n) is 1.71. The molecule has 0 fully saturated rings. The van der Waals surface area contributed by atoms with Crippen molar-refractivity contribution in [2.45, 2.75) is 6.54 Å². The molecule has 0 aliphatic heterocycles. The van der Waals surface area contributed by atoms with Gasteiger partial charge in [-0.25, -0.2) is 13.2 Å². The summed E-state index contributed by atoms with van der Waals surface area (Å²) < 4.78 is 39.0. The summed E-state index contributed by atoms with van der Waals surface area (Å²) in [5, 5.41) is 0. The van der Waals surface area contributed by atoms with Crippen molar-refractivity contribution in [3.8, 4) is 0 Å². The second-order valence-corrected chi connectivity index (χ2v) is 4.24. The zero-order chi connectivity index (χ0) is 14.7. The molecule has 2 rings (SSSR count). The molecule has 2 aromatic rings. The quantitative estimate of drug-likeness (QED) is 0.810. The Morgan fingerprint density at radius 1 is 1.20 bits per heavy atom. The average Bonchev–Trinajstić information content (AvgIpc) is 2.44. The van der Waals surface area contributed by atoms with Gasteiger partial charge < -0.3 is 4.90 Å². The molecule has 1 amide bonds. The van der Waals surface area contributed by atoms with Gasteiger partial charge in [0.2, 0.25) is 0 Å². The van der Waals surface area contributed by atoms with E-state index < -0.39 is 23.4 Å². The lowest BCUT2D eigenvalue weighted by molar-refractivity contribution is 0.0782. The molecule has 0 saturated carbocycles. The van der Waals surface area contributed by atoms with E-state index in [1.165, 1.54) is 11.9 Å². The van der Waals surface area contributed by atoms with E-state index in [0.717, 1.165) is 0 Å². The number of nitrogens with zero attached hydrogens (tertiary/aromatic N) is 2. The fourth-order valence-corrected chi connectivity index (χ4v) is 1.71. The molecule has 104 valence electrons. The van der Waals surface area contributed by atoms with Crippen molar-refractivity contribution < 1.29 is 18.0 Å². The maximum Gasteiger partial charge on any atom is 0.254 e. The Morgan fingerprint density at radius 3 is 2.40 bits per heavy atom. The van der Waals surface area contributed by atoms with Crippen molar-refractivity contribution in [1.82, 2.24) is 9.88 Å². The van der Waals surface area contributed by atoms with E-state index in [1.54, 1.807) is 24.4 Å². The molecule has 0 aliphatic rings. The summed E-state index contributed by atoms with van der Waals surface area (Å²) in [7, 11) is 1.47. The van der Waals surface area contributed by atoms with E-state index in [2.05, 4.69) is 4.98 Å². The summed E-state index contributed by atoms with van der Waals surface area (Å²) in [4.78, 5) is 17.3. The number of carbonyl (C=O) groups excluding carboxylic acids is 1. The highest BCUT2D eigenvalue weighted by atomic mass is 19.2. The van der Waals surface area contributed by atoms with Crippen molar-refractivity contribution in [3.63, 3.8) is 0 Å². The van der Waals surface area contributed by atoms with Gasteiger partial charge in [0.25, 0.3) is 5.91 Å². The molecule has 1 aromatic carbocycles. The molecular formula is C14H11F3N2O. The van der Waals surface area contributed by atoms with E-state index in [1.807, 2.05) is 0 Å². The Morgan fingerprint density at radius 2 is 1.85 bits per heavy atom. The molecular weight excluding hydrogens is 269 g/mol. The lowest BCUT2D eigenvalue weighted by atomic mass is 10.1. The minimum absolute atomic E-state index is 0.181. The smallest absolute Gasteiger partial charge is 0.254 e. The van der Waals surface area contributed by atoms with Gasteiger partial charge >= 0.3 is 0 Å². The third-order valence-corrected chi connectivity index (χ3v) is 2.70. The Hall–Kier alpha value is -2.37. The first-order valence-electron chi connectivity index (χ1n) is 5.79. The normalized spacial score (nSPS) is 10.4. The highest BCUT2D eigenvalue weighted by Crippen LogP contribution is 2.15.